The average Bonchev–Trinajstić information content (AvgIpc) is 2.45. The maximum absolute atomic E-state index is 11.7. The molecule has 1 unspecified atom stereocenters. The van der Waals surface area contributed by atoms with Crippen LogP contribution in [0.4, 0.5) is 4.79 Å². The first kappa shape index (κ1) is 19.3. The zero-order valence-corrected chi connectivity index (χ0v) is 14.2. The predicted molar refractivity (Wildman–Crippen MR) is 80.6 cm³/mol. The summed E-state index contributed by atoms with van der Waals surface area (Å²) in [5.41, 5.74) is -0.404. The lowest BCUT2D eigenvalue weighted by molar-refractivity contribution is -0.755. The first-order valence-electron chi connectivity index (χ1n) is 7.46. The van der Waals surface area contributed by atoms with Gasteiger partial charge in [0.15, 0.2) is 12.7 Å². The molecule has 9 nitrogen and oxygen atoms in total. The van der Waals surface area contributed by atoms with Crippen LogP contribution in [0.5, 0.6) is 0 Å². The minimum absolute atomic E-state index is 0.169. The molecular weight excluding hydrogens is 316 g/mol. The molecule has 2 amide bonds. The number of rotatable bonds is 6. The molecule has 9 heteroatoms. The number of amides is 2. The number of carboxylic acids is 1. The number of aromatic nitrogens is 2. The van der Waals surface area contributed by atoms with E-state index in [1.54, 1.807) is 27.7 Å². The van der Waals surface area contributed by atoms with Gasteiger partial charge in [-0.05, 0) is 32.8 Å². The summed E-state index contributed by atoms with van der Waals surface area (Å²) in [5, 5.41) is 20.0. The van der Waals surface area contributed by atoms with E-state index in [-0.39, 0.29) is 12.5 Å². The zero-order chi connectivity index (χ0) is 18.3. The molecule has 1 heterocycles. The second-order valence-corrected chi connectivity index (χ2v) is 6.01. The van der Waals surface area contributed by atoms with Crippen LogP contribution in [0, 0.1) is 0 Å². The number of nitrogens with one attached hydrogen (secondary N) is 2. The normalized spacial score (nSPS) is 12.2. The number of alkyl carbamates (subject to hydrolysis) is 1. The van der Waals surface area contributed by atoms with Crippen molar-refractivity contribution < 1.29 is 28.9 Å². The number of hydrogen-bond donors (Lipinski definition) is 2. The van der Waals surface area contributed by atoms with E-state index in [2.05, 4.69) is 15.7 Å². The van der Waals surface area contributed by atoms with Crippen molar-refractivity contribution >= 4 is 18.0 Å². The monoisotopic (exact) mass is 338 g/mol. The molecular formula is C15H22N4O5. The molecule has 1 aromatic rings. The summed E-state index contributed by atoms with van der Waals surface area (Å²) < 4.78 is 6.29. The van der Waals surface area contributed by atoms with Crippen molar-refractivity contribution in [2.75, 3.05) is 6.54 Å². The van der Waals surface area contributed by atoms with Crippen LogP contribution in [-0.2, 0) is 16.1 Å². The molecule has 2 N–H and O–H groups in total. The van der Waals surface area contributed by atoms with Gasteiger partial charge >= 0.3 is 6.09 Å². The van der Waals surface area contributed by atoms with Crippen LogP contribution in [0.2, 0.25) is 0 Å². The summed E-state index contributed by atoms with van der Waals surface area (Å²) in [6.45, 7) is 7.10. The second-order valence-electron chi connectivity index (χ2n) is 6.01. The Kier molecular flexibility index (Phi) is 6.63. The molecule has 0 radical (unpaired) electrons. The van der Waals surface area contributed by atoms with Crippen LogP contribution < -0.4 is 20.4 Å². The van der Waals surface area contributed by atoms with Gasteiger partial charge in [-0.15, -0.1) is 0 Å². The Morgan fingerprint density at radius 2 is 2.04 bits per heavy atom. The Morgan fingerprint density at radius 1 is 1.38 bits per heavy atom. The first-order chi connectivity index (χ1) is 11.1. The van der Waals surface area contributed by atoms with Crippen molar-refractivity contribution in [1.29, 1.82) is 0 Å². The number of aliphatic carboxylic acids is 1. The molecule has 0 aromatic carbocycles. The van der Waals surface area contributed by atoms with Crippen molar-refractivity contribution in [3.8, 4) is 0 Å². The van der Waals surface area contributed by atoms with Gasteiger partial charge in [-0.2, -0.15) is 0 Å². The molecule has 0 aliphatic rings. The third-order valence-electron chi connectivity index (χ3n) is 2.72. The van der Waals surface area contributed by atoms with Gasteiger partial charge in [0.25, 0.3) is 5.91 Å². The molecule has 0 spiro atoms. The van der Waals surface area contributed by atoms with Gasteiger partial charge in [-0.1, -0.05) is 4.68 Å². The summed E-state index contributed by atoms with van der Waals surface area (Å²) in [5.74, 6) is -1.75. The van der Waals surface area contributed by atoms with Gasteiger partial charge in [0.05, 0.1) is 11.5 Å². The molecule has 0 bridgehead atoms. The van der Waals surface area contributed by atoms with Crippen molar-refractivity contribution in [3.63, 3.8) is 0 Å². The highest BCUT2D eigenvalue weighted by molar-refractivity contribution is 5.93. The van der Waals surface area contributed by atoms with E-state index >= 15 is 0 Å². The van der Waals surface area contributed by atoms with Crippen molar-refractivity contribution in [2.45, 2.75) is 45.9 Å². The van der Waals surface area contributed by atoms with Crippen molar-refractivity contribution in [3.05, 3.63) is 24.0 Å². The van der Waals surface area contributed by atoms with E-state index in [1.165, 1.54) is 23.1 Å². The van der Waals surface area contributed by atoms with Gasteiger partial charge in [0, 0.05) is 12.6 Å². The topological polar surface area (TPSA) is 124 Å². The standard InChI is InChI=1S/C15H22N4O5/c1-5-16-12(20)10-6-7-19(17-8-10)9-11(13(21)22)18-14(23)24-15(2,3)4/h6-8,11H,5,9H2,1-4H3,(H2-,16,18,20,21,22,23). The van der Waals surface area contributed by atoms with Gasteiger partial charge in [-0.3, -0.25) is 4.79 Å². The summed E-state index contributed by atoms with van der Waals surface area (Å²) in [7, 11) is 0. The lowest BCUT2D eigenvalue weighted by Gasteiger charge is -2.22. The van der Waals surface area contributed by atoms with E-state index in [9.17, 15) is 19.5 Å². The summed E-state index contributed by atoms with van der Waals surface area (Å²) in [6, 6.07) is 0.172. The van der Waals surface area contributed by atoms with E-state index in [0.29, 0.717) is 12.1 Å². The molecule has 0 aliphatic carbocycles. The highest BCUT2D eigenvalue weighted by atomic mass is 16.6. The Bertz CT molecular complexity index is 595. The Balaban J connectivity index is 2.73. The predicted octanol–water partition coefficient (Wildman–Crippen LogP) is -1.24. The van der Waals surface area contributed by atoms with Crippen LogP contribution in [0.1, 0.15) is 38.1 Å². The van der Waals surface area contributed by atoms with Crippen molar-refractivity contribution in [2.24, 2.45) is 0 Å². The molecule has 1 rings (SSSR count). The summed E-state index contributed by atoms with van der Waals surface area (Å²) >= 11 is 0. The Labute approximate surface area is 140 Å². The van der Waals surface area contributed by atoms with E-state index < -0.39 is 23.7 Å². The van der Waals surface area contributed by atoms with Gasteiger partial charge in [0.1, 0.15) is 17.8 Å². The number of hydrogen-bond acceptors (Lipinski definition) is 6. The second kappa shape index (κ2) is 8.23. The van der Waals surface area contributed by atoms with E-state index in [0.717, 1.165) is 0 Å². The lowest BCUT2D eigenvalue weighted by Crippen LogP contribution is -2.57. The van der Waals surface area contributed by atoms with Crippen LogP contribution in [0.25, 0.3) is 0 Å². The average molecular weight is 338 g/mol. The van der Waals surface area contributed by atoms with Gasteiger partial charge < -0.3 is 25.3 Å². The smallest absolute Gasteiger partial charge is 0.408 e. The number of ether oxygens (including phenoxy) is 1. The SMILES string of the molecule is CCNC(=O)c1cc[n+](CC(NC(=O)OC(C)(C)C)C(=O)[O-])nc1. The van der Waals surface area contributed by atoms with Crippen LogP contribution in [0.3, 0.4) is 0 Å². The number of nitrogens with zero attached hydrogens (tertiary/aromatic N) is 2. The maximum atomic E-state index is 11.7. The highest BCUT2D eigenvalue weighted by Crippen LogP contribution is 2.06. The quantitative estimate of drug-likeness (QED) is 0.625. The molecule has 0 fully saturated rings. The molecule has 1 aromatic heterocycles. The summed E-state index contributed by atoms with van der Waals surface area (Å²) in [6.07, 6.45) is 1.89. The Morgan fingerprint density at radius 3 is 2.50 bits per heavy atom. The zero-order valence-electron chi connectivity index (χ0n) is 14.2. The van der Waals surface area contributed by atoms with Crippen molar-refractivity contribution in [1.82, 2.24) is 15.7 Å². The van der Waals surface area contributed by atoms with Gasteiger partial charge in [0.2, 0.25) is 0 Å². The Hall–Kier alpha value is -2.71. The van der Waals surface area contributed by atoms with E-state index in [4.69, 9.17) is 4.74 Å². The minimum Gasteiger partial charge on any atom is -0.548 e. The largest absolute Gasteiger partial charge is 0.548 e. The number of carbonyl (C=O) groups excluding carboxylic acids is 3. The third kappa shape index (κ3) is 6.59. The molecule has 0 aliphatic heterocycles. The molecule has 132 valence electrons. The fourth-order valence-electron chi connectivity index (χ4n) is 1.71. The first-order valence-corrected chi connectivity index (χ1v) is 7.46. The van der Waals surface area contributed by atoms with Crippen LogP contribution in [0.15, 0.2) is 18.5 Å². The molecule has 0 saturated heterocycles. The van der Waals surface area contributed by atoms with Crippen LogP contribution >= 0.6 is 0 Å². The van der Waals surface area contributed by atoms with Gasteiger partial charge in [-0.25, -0.2) is 4.79 Å². The molecule has 0 saturated carbocycles. The minimum atomic E-state index is -1.47. The maximum Gasteiger partial charge on any atom is 0.408 e. The number of carboxylic acid groups (broad SMARTS) is 1. The van der Waals surface area contributed by atoms with Crippen LogP contribution in [-0.4, -0.2) is 41.3 Å². The number of carbonyl (C=O) groups is 3. The fourth-order valence-corrected chi connectivity index (χ4v) is 1.71. The molecule has 24 heavy (non-hydrogen) atoms. The third-order valence-corrected chi connectivity index (χ3v) is 2.72. The molecule has 1 atom stereocenters. The highest BCUT2D eigenvalue weighted by Gasteiger charge is 2.23. The van der Waals surface area contributed by atoms with E-state index in [1.807, 2.05) is 0 Å². The summed E-state index contributed by atoms with van der Waals surface area (Å²) in [4.78, 5) is 34.5. The fraction of sp³-hybridized carbons (Fsp3) is 0.533. The lowest BCUT2D eigenvalue weighted by atomic mass is 10.2.